The number of allylic oxidation sites excluding steroid dienone is 4. The van der Waals surface area contributed by atoms with E-state index in [1.807, 2.05) is 48.5 Å². The van der Waals surface area contributed by atoms with E-state index >= 15 is 4.39 Å². The maximum Gasteiger partial charge on any atom is 0.127 e. The van der Waals surface area contributed by atoms with Gasteiger partial charge in [-0.05, 0) is 29.2 Å². The van der Waals surface area contributed by atoms with Crippen molar-refractivity contribution >= 4 is 0 Å². The third kappa shape index (κ3) is 2.53. The van der Waals surface area contributed by atoms with E-state index in [1.54, 1.807) is 12.1 Å². The van der Waals surface area contributed by atoms with E-state index in [9.17, 15) is 0 Å². The van der Waals surface area contributed by atoms with E-state index in [1.165, 1.54) is 0 Å². The molecule has 0 nitrogen and oxygen atoms in total. The topological polar surface area (TPSA) is 0 Å². The zero-order valence-electron chi connectivity index (χ0n) is 13.9. The van der Waals surface area contributed by atoms with Gasteiger partial charge in [0.1, 0.15) is 5.82 Å². The van der Waals surface area contributed by atoms with Gasteiger partial charge in [-0.25, -0.2) is 4.39 Å². The van der Waals surface area contributed by atoms with Gasteiger partial charge in [0, 0.05) is 5.56 Å². The molecule has 3 aromatic rings. The molecular formula is C24H19F. The van der Waals surface area contributed by atoms with Crippen molar-refractivity contribution in [1.82, 2.24) is 0 Å². The molecular weight excluding hydrogens is 307 g/mol. The van der Waals surface area contributed by atoms with E-state index in [-0.39, 0.29) is 5.82 Å². The number of hydrogen-bond acceptors (Lipinski definition) is 0. The molecule has 4 rings (SSSR count). The number of benzene rings is 3. The van der Waals surface area contributed by atoms with Crippen LogP contribution in [0.1, 0.15) is 23.1 Å². The predicted molar refractivity (Wildman–Crippen MR) is 101 cm³/mol. The highest BCUT2D eigenvalue weighted by Gasteiger charge is 2.41. The second-order valence-electron chi connectivity index (χ2n) is 6.26. The van der Waals surface area contributed by atoms with E-state index in [0.29, 0.717) is 5.56 Å². The van der Waals surface area contributed by atoms with Gasteiger partial charge in [0.05, 0.1) is 5.41 Å². The van der Waals surface area contributed by atoms with Crippen molar-refractivity contribution in [3.8, 4) is 0 Å². The van der Waals surface area contributed by atoms with Gasteiger partial charge in [0.25, 0.3) is 0 Å². The Labute approximate surface area is 148 Å². The van der Waals surface area contributed by atoms with Crippen LogP contribution < -0.4 is 0 Å². The lowest BCUT2D eigenvalue weighted by atomic mass is 9.64. The van der Waals surface area contributed by atoms with Crippen molar-refractivity contribution < 1.29 is 4.39 Å². The molecule has 0 radical (unpaired) electrons. The van der Waals surface area contributed by atoms with Crippen LogP contribution in [0.15, 0.2) is 109 Å². The van der Waals surface area contributed by atoms with E-state index < -0.39 is 5.41 Å². The monoisotopic (exact) mass is 326 g/mol. The first kappa shape index (κ1) is 15.6. The second kappa shape index (κ2) is 6.52. The van der Waals surface area contributed by atoms with E-state index in [0.717, 1.165) is 23.1 Å². The van der Waals surface area contributed by atoms with Crippen molar-refractivity contribution in [2.45, 2.75) is 11.8 Å². The molecule has 25 heavy (non-hydrogen) atoms. The summed E-state index contributed by atoms with van der Waals surface area (Å²) in [7, 11) is 0. The van der Waals surface area contributed by atoms with Gasteiger partial charge in [0.15, 0.2) is 0 Å². The quantitative estimate of drug-likeness (QED) is 0.512. The van der Waals surface area contributed by atoms with Gasteiger partial charge in [0.2, 0.25) is 0 Å². The molecule has 0 aromatic heterocycles. The van der Waals surface area contributed by atoms with E-state index in [2.05, 4.69) is 42.5 Å². The van der Waals surface area contributed by atoms with Crippen molar-refractivity contribution in [3.63, 3.8) is 0 Å². The van der Waals surface area contributed by atoms with Crippen LogP contribution in [0.3, 0.4) is 0 Å². The highest BCUT2D eigenvalue weighted by molar-refractivity contribution is 5.62. The van der Waals surface area contributed by atoms with Crippen molar-refractivity contribution in [2.75, 3.05) is 0 Å². The molecule has 0 bridgehead atoms. The fourth-order valence-corrected chi connectivity index (χ4v) is 3.84. The lowest BCUT2D eigenvalue weighted by molar-refractivity contribution is 0.580. The van der Waals surface area contributed by atoms with Gasteiger partial charge < -0.3 is 0 Å². The maximum atomic E-state index is 15.1. The van der Waals surface area contributed by atoms with Gasteiger partial charge in [-0.3, -0.25) is 0 Å². The summed E-state index contributed by atoms with van der Waals surface area (Å²) in [5.41, 5.74) is 3.30. The first-order valence-corrected chi connectivity index (χ1v) is 8.56. The zero-order chi connectivity index (χ0) is 17.1. The number of halogens is 1. The van der Waals surface area contributed by atoms with Gasteiger partial charge >= 0.3 is 0 Å². The Morgan fingerprint density at radius 2 is 1.24 bits per heavy atom. The summed E-state index contributed by atoms with van der Waals surface area (Å²) in [4.78, 5) is 0. The first-order valence-electron chi connectivity index (χ1n) is 8.56. The van der Waals surface area contributed by atoms with E-state index in [4.69, 9.17) is 0 Å². The Balaban J connectivity index is 2.13. The predicted octanol–water partition coefficient (Wildman–Crippen LogP) is 6.05. The minimum Gasteiger partial charge on any atom is -0.207 e. The van der Waals surface area contributed by atoms with Crippen LogP contribution >= 0.6 is 0 Å². The number of rotatable bonds is 4. The summed E-state index contributed by atoms with van der Waals surface area (Å²) >= 11 is 0. The zero-order valence-corrected chi connectivity index (χ0v) is 13.9. The molecule has 0 spiro atoms. The molecule has 1 heteroatoms. The highest BCUT2D eigenvalue weighted by atomic mass is 19.1. The molecule has 1 aliphatic rings. The Morgan fingerprint density at radius 3 is 1.76 bits per heavy atom. The fourth-order valence-electron chi connectivity index (χ4n) is 3.84. The third-order valence-electron chi connectivity index (χ3n) is 4.90. The average Bonchev–Trinajstić information content (AvgIpc) is 3.21. The SMILES string of the molecule is Fc1ccccc1C(C1=CCC=C1)(c1ccccc1)c1ccccc1. The molecule has 0 saturated carbocycles. The maximum absolute atomic E-state index is 15.1. The summed E-state index contributed by atoms with van der Waals surface area (Å²) in [5, 5.41) is 0. The second-order valence-corrected chi connectivity index (χ2v) is 6.26. The Morgan fingerprint density at radius 1 is 0.680 bits per heavy atom. The van der Waals surface area contributed by atoms with Crippen LogP contribution in [0, 0.1) is 5.82 Å². The highest BCUT2D eigenvalue weighted by Crippen LogP contribution is 2.47. The van der Waals surface area contributed by atoms with Crippen molar-refractivity contribution in [1.29, 1.82) is 0 Å². The Hall–Kier alpha value is -2.93. The van der Waals surface area contributed by atoms with Gasteiger partial charge in [-0.1, -0.05) is 97.1 Å². The summed E-state index contributed by atoms with van der Waals surface area (Å²) in [6.07, 6.45) is 7.35. The standard InChI is InChI=1S/C24H19F/c25-23-18-10-9-17-22(23)24(21-15-7-8-16-21,19-11-3-1-4-12-19)20-13-5-2-6-14-20/h1-7,9-18H,8H2. The van der Waals surface area contributed by atoms with Gasteiger partial charge in [-0.15, -0.1) is 0 Å². The summed E-state index contributed by atoms with van der Waals surface area (Å²) in [6, 6.07) is 27.6. The largest absolute Gasteiger partial charge is 0.207 e. The van der Waals surface area contributed by atoms with Crippen molar-refractivity contribution in [2.24, 2.45) is 0 Å². The molecule has 0 heterocycles. The Bertz CT molecular complexity index is 881. The molecule has 1 aliphatic carbocycles. The molecule has 0 amide bonds. The smallest absolute Gasteiger partial charge is 0.127 e. The summed E-state index contributed by atoms with van der Waals surface area (Å²) in [6.45, 7) is 0. The lowest BCUT2D eigenvalue weighted by Crippen LogP contribution is -2.32. The van der Waals surface area contributed by atoms with Gasteiger partial charge in [-0.2, -0.15) is 0 Å². The molecule has 0 saturated heterocycles. The number of hydrogen-bond donors (Lipinski definition) is 0. The summed E-state index contributed by atoms with van der Waals surface area (Å²) < 4.78 is 15.1. The van der Waals surface area contributed by atoms with Crippen molar-refractivity contribution in [3.05, 3.63) is 131 Å². The van der Waals surface area contributed by atoms with Crippen LogP contribution in [0.2, 0.25) is 0 Å². The van der Waals surface area contributed by atoms with Crippen LogP contribution in [-0.2, 0) is 5.41 Å². The summed E-state index contributed by atoms with van der Waals surface area (Å²) in [5.74, 6) is -0.184. The third-order valence-corrected chi connectivity index (χ3v) is 4.90. The van der Waals surface area contributed by atoms with Crippen LogP contribution in [0.25, 0.3) is 0 Å². The van der Waals surface area contributed by atoms with Crippen LogP contribution in [0.5, 0.6) is 0 Å². The molecule has 0 aliphatic heterocycles. The molecule has 0 atom stereocenters. The van der Waals surface area contributed by atoms with Crippen LogP contribution in [0.4, 0.5) is 4.39 Å². The first-order chi connectivity index (χ1) is 12.3. The lowest BCUT2D eigenvalue weighted by Gasteiger charge is -2.37. The Kier molecular flexibility index (Phi) is 4.07. The minimum absolute atomic E-state index is 0.184. The fraction of sp³-hybridized carbons (Fsp3) is 0.0833. The average molecular weight is 326 g/mol. The molecule has 122 valence electrons. The molecule has 0 N–H and O–H groups in total. The molecule has 0 unspecified atom stereocenters. The molecule has 3 aromatic carbocycles. The molecule has 0 fully saturated rings. The van der Waals surface area contributed by atoms with Crippen LogP contribution in [-0.4, -0.2) is 0 Å². The minimum atomic E-state index is -0.652. The normalized spacial score (nSPS) is 13.7.